The molecule has 214 valence electrons. The van der Waals surface area contributed by atoms with E-state index in [0.717, 1.165) is 60.7 Å². The highest BCUT2D eigenvalue weighted by atomic mass is 19.1. The third-order valence-corrected chi connectivity index (χ3v) is 6.03. The van der Waals surface area contributed by atoms with Crippen molar-refractivity contribution in [2.24, 2.45) is 0 Å². The zero-order valence-electron chi connectivity index (χ0n) is 24.6. The molecule has 4 N–H and O–H groups in total. The summed E-state index contributed by atoms with van der Waals surface area (Å²) < 4.78 is 14.3. The summed E-state index contributed by atoms with van der Waals surface area (Å²) in [7, 11) is 1.85. The number of H-pyrrole nitrogens is 3. The minimum atomic E-state index is -0.269. The molecule has 0 bridgehead atoms. The largest absolute Gasteiger partial charge is 0.352 e. The average Bonchev–Trinajstić information content (AvgIpc) is 3.78. The third-order valence-electron chi connectivity index (χ3n) is 6.03. The number of fused-ring (bicyclic) bond motifs is 1. The van der Waals surface area contributed by atoms with E-state index in [-0.39, 0.29) is 5.82 Å². The average molecular weight is 554 g/mol. The van der Waals surface area contributed by atoms with Crippen molar-refractivity contribution in [1.82, 2.24) is 35.7 Å². The van der Waals surface area contributed by atoms with Gasteiger partial charge in [0.15, 0.2) is 0 Å². The maximum atomic E-state index is 14.3. The summed E-state index contributed by atoms with van der Waals surface area (Å²) >= 11 is 0. The maximum absolute atomic E-state index is 14.3. The summed E-state index contributed by atoms with van der Waals surface area (Å²) in [6.45, 7) is 20.6. The van der Waals surface area contributed by atoms with Gasteiger partial charge < -0.3 is 10.3 Å². The van der Waals surface area contributed by atoms with E-state index in [1.54, 1.807) is 30.7 Å². The summed E-state index contributed by atoms with van der Waals surface area (Å²) in [5.74, 6) is -0.269. The lowest BCUT2D eigenvalue weighted by Crippen LogP contribution is -2.23. The molecule has 0 amide bonds. The van der Waals surface area contributed by atoms with Gasteiger partial charge in [0.05, 0.1) is 29.0 Å². The Morgan fingerprint density at radius 1 is 1.05 bits per heavy atom. The van der Waals surface area contributed by atoms with Crippen molar-refractivity contribution in [2.75, 3.05) is 7.05 Å². The van der Waals surface area contributed by atoms with E-state index in [1.165, 1.54) is 0 Å². The highest BCUT2D eigenvalue weighted by Crippen LogP contribution is 2.31. The fraction of sp³-hybridized carbons (Fsp3) is 0.182. The molecule has 41 heavy (non-hydrogen) atoms. The van der Waals surface area contributed by atoms with Crippen LogP contribution in [0, 0.1) is 5.82 Å². The van der Waals surface area contributed by atoms with Crippen molar-refractivity contribution in [1.29, 1.82) is 0 Å². The highest BCUT2D eigenvalue weighted by Gasteiger charge is 2.13. The number of aromatic nitrogens is 6. The fourth-order valence-electron chi connectivity index (χ4n) is 4.28. The first-order valence-electron chi connectivity index (χ1n) is 13.4. The zero-order valence-corrected chi connectivity index (χ0v) is 24.6. The Labute approximate surface area is 241 Å². The summed E-state index contributed by atoms with van der Waals surface area (Å²) in [5.41, 5.74) is 7.19. The molecule has 0 fully saturated rings. The molecule has 4 aromatic heterocycles. The Bertz CT molecular complexity index is 1670. The lowest BCUT2D eigenvalue weighted by Gasteiger charge is -2.07. The highest BCUT2D eigenvalue weighted by molar-refractivity contribution is 5.97. The molecule has 5 aromatic rings. The topological polar surface area (TPSA) is 98.1 Å². The lowest BCUT2D eigenvalue weighted by molar-refractivity contribution is 0.624. The number of hydrogen-bond acceptors (Lipinski definition) is 4. The Morgan fingerprint density at radius 2 is 1.80 bits per heavy atom. The second kappa shape index (κ2) is 16.3. The number of pyridine rings is 1. The Balaban J connectivity index is 0.000000921. The van der Waals surface area contributed by atoms with Gasteiger partial charge in [0, 0.05) is 40.7 Å². The first kappa shape index (κ1) is 32.4. The van der Waals surface area contributed by atoms with Crippen LogP contribution < -0.4 is 15.9 Å². The second-order valence-corrected chi connectivity index (χ2v) is 8.40. The number of allylic oxidation sites excluding steroid dienone is 2. The van der Waals surface area contributed by atoms with E-state index >= 15 is 0 Å². The molecule has 8 heteroatoms. The van der Waals surface area contributed by atoms with Crippen LogP contribution in [0.2, 0.25) is 0 Å². The van der Waals surface area contributed by atoms with Crippen LogP contribution in [-0.4, -0.2) is 37.4 Å². The van der Waals surface area contributed by atoms with Crippen LogP contribution in [-0.2, 0) is 6.54 Å². The van der Waals surface area contributed by atoms with Crippen LogP contribution >= 0.6 is 0 Å². The van der Waals surface area contributed by atoms with Crippen LogP contribution in [0.1, 0.15) is 38.8 Å². The van der Waals surface area contributed by atoms with Gasteiger partial charge in [-0.25, -0.2) is 4.39 Å². The first-order valence-corrected chi connectivity index (χ1v) is 13.4. The van der Waals surface area contributed by atoms with Crippen LogP contribution in [0.15, 0.2) is 81.4 Å². The minimum Gasteiger partial charge on any atom is -0.352 e. The summed E-state index contributed by atoms with van der Waals surface area (Å²) in [6, 6.07) is 7.13. The maximum Gasteiger partial charge on any atom is 0.124 e. The molecule has 0 saturated carbocycles. The molecule has 0 aliphatic heterocycles. The number of rotatable bonds is 6. The van der Waals surface area contributed by atoms with E-state index in [4.69, 9.17) is 0 Å². The predicted octanol–water partition coefficient (Wildman–Crippen LogP) is 6.52. The number of hydrogen-bond donors (Lipinski definition) is 4. The van der Waals surface area contributed by atoms with E-state index < -0.39 is 0 Å². The van der Waals surface area contributed by atoms with Gasteiger partial charge in [-0.3, -0.25) is 15.2 Å². The Kier molecular flexibility index (Phi) is 12.9. The molecule has 0 radical (unpaired) electrons. The normalized spacial score (nSPS) is 11.7. The minimum absolute atomic E-state index is 0.269. The van der Waals surface area contributed by atoms with Crippen molar-refractivity contribution < 1.29 is 4.39 Å². The van der Waals surface area contributed by atoms with Gasteiger partial charge in [0.2, 0.25) is 0 Å². The van der Waals surface area contributed by atoms with Gasteiger partial charge in [-0.1, -0.05) is 26.0 Å². The van der Waals surface area contributed by atoms with Gasteiger partial charge >= 0.3 is 0 Å². The van der Waals surface area contributed by atoms with Gasteiger partial charge in [-0.2, -0.15) is 10.2 Å². The van der Waals surface area contributed by atoms with Crippen LogP contribution in [0.3, 0.4) is 0 Å². The molecular formula is C33H40FN7. The second-order valence-electron chi connectivity index (χ2n) is 8.40. The molecule has 0 spiro atoms. The Hall–Kier alpha value is -4.82. The van der Waals surface area contributed by atoms with E-state index in [0.29, 0.717) is 6.54 Å². The third kappa shape index (κ3) is 7.64. The number of aromatic amines is 3. The molecule has 0 saturated heterocycles. The number of nitrogens with zero attached hydrogens (tertiary/aromatic N) is 3. The number of nitrogens with one attached hydrogen (secondary N) is 4. The molecule has 5 rings (SSSR count). The standard InChI is InChI=1S/C27H26FN7.C2H6.2C2H4/c1-4-21-24(6-5-16(2)19-12-31-32-13-19)34-35-27(21)25-10-22-23(14-30-15-26(22)33-25)18-7-17(11-29-3)8-20(28)9-18;3*1-2/h4-10,12-15,29,33-34H,11H2,1-3H3,(H,31,32);1-2H3;2*1-2H2/b16-5+,21-4-,24-6+;;;. The predicted molar refractivity (Wildman–Crippen MR) is 172 cm³/mol. The number of halogens is 1. The zero-order chi connectivity index (χ0) is 30.4. The summed E-state index contributed by atoms with van der Waals surface area (Å²) in [6.07, 6.45) is 13.3. The number of benzene rings is 1. The fourth-order valence-corrected chi connectivity index (χ4v) is 4.28. The van der Waals surface area contributed by atoms with Crippen LogP contribution in [0.5, 0.6) is 0 Å². The monoisotopic (exact) mass is 553 g/mol. The van der Waals surface area contributed by atoms with Gasteiger partial charge in [-0.15, -0.1) is 26.3 Å². The summed E-state index contributed by atoms with van der Waals surface area (Å²) in [4.78, 5) is 7.83. The Morgan fingerprint density at radius 3 is 2.46 bits per heavy atom. The van der Waals surface area contributed by atoms with Crippen molar-refractivity contribution >= 4 is 28.6 Å². The summed E-state index contributed by atoms with van der Waals surface area (Å²) in [5, 5.41) is 20.5. The van der Waals surface area contributed by atoms with E-state index in [2.05, 4.69) is 68.1 Å². The van der Waals surface area contributed by atoms with Crippen molar-refractivity contribution in [3.05, 3.63) is 109 Å². The van der Waals surface area contributed by atoms with Gasteiger partial charge in [0.25, 0.3) is 0 Å². The molecule has 0 aliphatic carbocycles. The molecule has 4 heterocycles. The van der Waals surface area contributed by atoms with E-state index in [9.17, 15) is 4.39 Å². The molecular weight excluding hydrogens is 513 g/mol. The van der Waals surface area contributed by atoms with Crippen molar-refractivity contribution in [3.63, 3.8) is 0 Å². The SMILES string of the molecule is C=C.C=C.CC.C\C=c1/c(-c2cc3c(-c4cc(F)cc(CNC)c4)cncc3[nH]2)n[nH]/c1=C/C=C(\C)c1cn[nH]c1. The van der Waals surface area contributed by atoms with Crippen LogP contribution in [0.4, 0.5) is 4.39 Å². The van der Waals surface area contributed by atoms with Crippen molar-refractivity contribution in [3.8, 4) is 22.5 Å². The van der Waals surface area contributed by atoms with Crippen molar-refractivity contribution in [2.45, 2.75) is 34.2 Å². The van der Waals surface area contributed by atoms with Gasteiger partial charge in [-0.05, 0) is 67.9 Å². The molecule has 0 atom stereocenters. The first-order chi connectivity index (χ1) is 20.1. The molecule has 7 nitrogen and oxygen atoms in total. The van der Waals surface area contributed by atoms with E-state index in [1.807, 2.05) is 65.2 Å². The van der Waals surface area contributed by atoms with Gasteiger partial charge in [0.1, 0.15) is 11.5 Å². The quantitative estimate of drug-likeness (QED) is 0.180. The lowest BCUT2D eigenvalue weighted by atomic mass is 10.0. The molecule has 0 aliphatic rings. The molecule has 0 unspecified atom stereocenters. The smallest absolute Gasteiger partial charge is 0.124 e. The molecule has 1 aromatic carbocycles. The van der Waals surface area contributed by atoms with Crippen LogP contribution in [0.25, 0.3) is 51.1 Å².